The van der Waals surface area contributed by atoms with Crippen LogP contribution in [0.2, 0.25) is 0 Å². The predicted octanol–water partition coefficient (Wildman–Crippen LogP) is 1.01. The van der Waals surface area contributed by atoms with E-state index in [1.54, 1.807) is 0 Å². The second-order valence-corrected chi connectivity index (χ2v) is 5.75. The van der Waals surface area contributed by atoms with Crippen LogP contribution in [0.5, 0.6) is 0 Å². The molecule has 1 N–H and O–H groups in total. The highest BCUT2D eigenvalue weighted by molar-refractivity contribution is 4.85. The van der Waals surface area contributed by atoms with E-state index < -0.39 is 0 Å². The van der Waals surface area contributed by atoms with Crippen LogP contribution in [-0.4, -0.2) is 61.7 Å². The molecule has 3 unspecified atom stereocenters. The summed E-state index contributed by atoms with van der Waals surface area (Å²) in [6, 6.07) is 1.44. The first-order valence-electron chi connectivity index (χ1n) is 6.83. The average molecular weight is 225 g/mol. The number of likely N-dealkylation sites (N-methyl/N-ethyl adjacent to an activating group) is 1. The predicted molar refractivity (Wildman–Crippen MR) is 68.7 cm³/mol. The van der Waals surface area contributed by atoms with Gasteiger partial charge in [-0.05, 0) is 59.3 Å². The molecule has 3 atom stereocenters. The molecular formula is C13H27N3. The average Bonchev–Trinajstić information content (AvgIpc) is 2.55. The highest BCUT2D eigenvalue weighted by Gasteiger charge is 2.27. The maximum atomic E-state index is 3.56. The van der Waals surface area contributed by atoms with Crippen LogP contribution in [-0.2, 0) is 0 Å². The second-order valence-electron chi connectivity index (χ2n) is 5.75. The molecule has 3 nitrogen and oxygen atoms in total. The number of hydrogen-bond donors (Lipinski definition) is 1. The van der Waals surface area contributed by atoms with Crippen molar-refractivity contribution < 1.29 is 0 Å². The van der Waals surface area contributed by atoms with Gasteiger partial charge in [0, 0.05) is 25.2 Å². The van der Waals surface area contributed by atoms with Gasteiger partial charge in [0.25, 0.3) is 0 Å². The fourth-order valence-corrected chi connectivity index (χ4v) is 3.16. The summed E-state index contributed by atoms with van der Waals surface area (Å²) in [6.07, 6.45) is 2.69. The van der Waals surface area contributed by atoms with Crippen LogP contribution in [0.4, 0.5) is 0 Å². The third-order valence-electron chi connectivity index (χ3n) is 4.34. The molecule has 0 spiro atoms. The first kappa shape index (κ1) is 12.3. The molecule has 0 aromatic carbocycles. The van der Waals surface area contributed by atoms with E-state index >= 15 is 0 Å². The minimum atomic E-state index is 0.716. The summed E-state index contributed by atoms with van der Waals surface area (Å²) in [4.78, 5) is 5.18. The first-order chi connectivity index (χ1) is 7.66. The van der Waals surface area contributed by atoms with E-state index in [-0.39, 0.29) is 0 Å². The lowest BCUT2D eigenvalue weighted by molar-refractivity contribution is 0.169. The van der Waals surface area contributed by atoms with Crippen molar-refractivity contribution in [2.24, 2.45) is 5.92 Å². The van der Waals surface area contributed by atoms with Gasteiger partial charge in [-0.1, -0.05) is 0 Å². The van der Waals surface area contributed by atoms with E-state index in [0.717, 1.165) is 12.0 Å². The summed E-state index contributed by atoms with van der Waals surface area (Å²) in [5, 5.41) is 3.56. The molecule has 2 aliphatic rings. The first-order valence-corrected chi connectivity index (χ1v) is 6.83. The molecule has 0 aromatic heterocycles. The lowest BCUT2D eigenvalue weighted by atomic mass is 10.0. The molecule has 94 valence electrons. The summed E-state index contributed by atoms with van der Waals surface area (Å²) in [6.45, 7) is 11.0. The number of nitrogens with one attached hydrogen (secondary N) is 1. The Kier molecular flexibility index (Phi) is 4.22. The van der Waals surface area contributed by atoms with E-state index in [9.17, 15) is 0 Å². The van der Waals surface area contributed by atoms with Crippen LogP contribution in [0.1, 0.15) is 26.7 Å². The van der Waals surface area contributed by atoms with E-state index in [1.807, 2.05) is 0 Å². The van der Waals surface area contributed by atoms with Gasteiger partial charge in [0.05, 0.1) is 0 Å². The van der Waals surface area contributed by atoms with Crippen LogP contribution in [0, 0.1) is 5.92 Å². The smallest absolute Gasteiger partial charge is 0.0194 e. The molecule has 2 aliphatic heterocycles. The maximum Gasteiger partial charge on any atom is 0.0194 e. The van der Waals surface area contributed by atoms with Gasteiger partial charge < -0.3 is 10.2 Å². The largest absolute Gasteiger partial charge is 0.314 e. The van der Waals surface area contributed by atoms with Crippen molar-refractivity contribution in [1.29, 1.82) is 0 Å². The third kappa shape index (κ3) is 2.96. The van der Waals surface area contributed by atoms with Crippen LogP contribution < -0.4 is 5.32 Å². The number of hydrogen-bond acceptors (Lipinski definition) is 3. The Morgan fingerprint density at radius 1 is 1.25 bits per heavy atom. The van der Waals surface area contributed by atoms with Crippen molar-refractivity contribution >= 4 is 0 Å². The minimum Gasteiger partial charge on any atom is -0.314 e. The van der Waals surface area contributed by atoms with Gasteiger partial charge in [0.2, 0.25) is 0 Å². The zero-order valence-electron chi connectivity index (χ0n) is 11.1. The summed E-state index contributed by atoms with van der Waals surface area (Å²) < 4.78 is 0. The third-order valence-corrected chi connectivity index (χ3v) is 4.34. The molecule has 3 heteroatoms. The van der Waals surface area contributed by atoms with Gasteiger partial charge in [-0.2, -0.15) is 0 Å². The van der Waals surface area contributed by atoms with Crippen LogP contribution in [0.25, 0.3) is 0 Å². The van der Waals surface area contributed by atoms with E-state index in [0.29, 0.717) is 6.04 Å². The highest BCUT2D eigenvalue weighted by Crippen LogP contribution is 2.19. The monoisotopic (exact) mass is 225 g/mol. The van der Waals surface area contributed by atoms with Gasteiger partial charge in [-0.25, -0.2) is 0 Å². The molecule has 2 saturated heterocycles. The minimum absolute atomic E-state index is 0.716. The maximum absolute atomic E-state index is 3.56. The SMILES string of the molecule is CC1NCCC1CN1CCCN(C)CC1C. The normalized spacial score (nSPS) is 38.8. The van der Waals surface area contributed by atoms with E-state index in [1.165, 1.54) is 45.6 Å². The van der Waals surface area contributed by atoms with Gasteiger partial charge in [-0.15, -0.1) is 0 Å². The van der Waals surface area contributed by atoms with Gasteiger partial charge >= 0.3 is 0 Å². The topological polar surface area (TPSA) is 18.5 Å². The molecule has 16 heavy (non-hydrogen) atoms. The van der Waals surface area contributed by atoms with Crippen LogP contribution in [0.15, 0.2) is 0 Å². The molecule has 0 aliphatic carbocycles. The molecule has 0 bridgehead atoms. The van der Waals surface area contributed by atoms with Crippen LogP contribution in [0.3, 0.4) is 0 Å². The lowest BCUT2D eigenvalue weighted by Crippen LogP contribution is -2.42. The Labute approximate surface area is 100 Å². The zero-order chi connectivity index (χ0) is 11.5. The van der Waals surface area contributed by atoms with Crippen LogP contribution >= 0.6 is 0 Å². The van der Waals surface area contributed by atoms with Crippen molar-refractivity contribution in [1.82, 2.24) is 15.1 Å². The number of rotatable bonds is 2. The quantitative estimate of drug-likeness (QED) is 0.757. The molecule has 0 radical (unpaired) electrons. The Balaban J connectivity index is 1.87. The molecule has 0 saturated carbocycles. The molecular weight excluding hydrogens is 198 g/mol. The Bertz CT molecular complexity index is 219. The Hall–Kier alpha value is -0.120. The van der Waals surface area contributed by atoms with E-state index in [2.05, 4.69) is 36.0 Å². The second kappa shape index (κ2) is 5.48. The van der Waals surface area contributed by atoms with Gasteiger partial charge in [0.1, 0.15) is 0 Å². The van der Waals surface area contributed by atoms with Crippen molar-refractivity contribution in [3.05, 3.63) is 0 Å². The molecule has 2 fully saturated rings. The fraction of sp³-hybridized carbons (Fsp3) is 1.00. The van der Waals surface area contributed by atoms with Crippen molar-refractivity contribution in [3.63, 3.8) is 0 Å². The highest BCUT2D eigenvalue weighted by atomic mass is 15.2. The van der Waals surface area contributed by atoms with E-state index in [4.69, 9.17) is 0 Å². The Morgan fingerprint density at radius 2 is 2.06 bits per heavy atom. The lowest BCUT2D eigenvalue weighted by Gasteiger charge is -2.31. The zero-order valence-corrected chi connectivity index (χ0v) is 11.1. The summed E-state index contributed by atoms with van der Waals surface area (Å²) in [7, 11) is 2.25. The summed E-state index contributed by atoms with van der Waals surface area (Å²) in [5.74, 6) is 0.867. The van der Waals surface area contributed by atoms with Gasteiger partial charge in [0.15, 0.2) is 0 Å². The van der Waals surface area contributed by atoms with Crippen molar-refractivity contribution in [3.8, 4) is 0 Å². The summed E-state index contributed by atoms with van der Waals surface area (Å²) >= 11 is 0. The Morgan fingerprint density at radius 3 is 2.75 bits per heavy atom. The number of nitrogens with zero attached hydrogens (tertiary/aromatic N) is 2. The molecule has 2 heterocycles. The fourth-order valence-electron chi connectivity index (χ4n) is 3.16. The molecule has 0 aromatic rings. The molecule has 2 rings (SSSR count). The van der Waals surface area contributed by atoms with Crippen molar-refractivity contribution in [2.75, 3.05) is 39.8 Å². The van der Waals surface area contributed by atoms with Crippen molar-refractivity contribution in [2.45, 2.75) is 38.8 Å². The van der Waals surface area contributed by atoms with Gasteiger partial charge in [-0.3, -0.25) is 4.90 Å². The summed E-state index contributed by atoms with van der Waals surface area (Å²) in [5.41, 5.74) is 0. The molecule has 0 amide bonds. The standard InChI is InChI=1S/C13H27N3/c1-11-9-15(3)7-4-8-16(11)10-13-5-6-14-12(13)2/h11-14H,4-10H2,1-3H3.